The van der Waals surface area contributed by atoms with E-state index < -0.39 is 0 Å². The van der Waals surface area contributed by atoms with Crippen LogP contribution in [-0.2, 0) is 0 Å². The lowest BCUT2D eigenvalue weighted by Gasteiger charge is -2.02. The van der Waals surface area contributed by atoms with Crippen molar-refractivity contribution in [2.75, 3.05) is 0 Å². The Morgan fingerprint density at radius 3 is 2.50 bits per heavy atom. The van der Waals surface area contributed by atoms with Gasteiger partial charge in [-0.2, -0.15) is 0 Å². The van der Waals surface area contributed by atoms with E-state index in [0.717, 1.165) is 27.6 Å². The van der Waals surface area contributed by atoms with Gasteiger partial charge in [-0.15, -0.1) is 0 Å². The van der Waals surface area contributed by atoms with Crippen LogP contribution in [0.15, 0.2) is 65.2 Å². The molecule has 2 heterocycles. The van der Waals surface area contributed by atoms with Gasteiger partial charge in [0, 0.05) is 11.6 Å². The SMILES string of the molecule is Cc1ccc(-c2ccc3c(c2)oc2cccnc23)cc1. The molecule has 0 N–H and O–H groups in total. The lowest BCUT2D eigenvalue weighted by Crippen LogP contribution is -1.78. The van der Waals surface area contributed by atoms with Crippen molar-refractivity contribution in [3.05, 3.63) is 66.4 Å². The minimum absolute atomic E-state index is 0.837. The average Bonchev–Trinajstić information content (AvgIpc) is 2.85. The van der Waals surface area contributed by atoms with E-state index in [1.165, 1.54) is 11.1 Å². The summed E-state index contributed by atoms with van der Waals surface area (Å²) < 4.78 is 5.88. The summed E-state index contributed by atoms with van der Waals surface area (Å²) in [4.78, 5) is 4.39. The van der Waals surface area contributed by atoms with Crippen molar-refractivity contribution in [1.82, 2.24) is 4.98 Å². The van der Waals surface area contributed by atoms with Gasteiger partial charge >= 0.3 is 0 Å². The van der Waals surface area contributed by atoms with Crippen molar-refractivity contribution in [3.63, 3.8) is 0 Å². The van der Waals surface area contributed by atoms with Gasteiger partial charge in [0.05, 0.1) is 0 Å². The highest BCUT2D eigenvalue weighted by Gasteiger charge is 2.08. The van der Waals surface area contributed by atoms with E-state index in [2.05, 4.69) is 54.4 Å². The van der Waals surface area contributed by atoms with E-state index in [1.54, 1.807) is 6.20 Å². The molecule has 4 aromatic rings. The predicted molar refractivity (Wildman–Crippen MR) is 81.7 cm³/mol. The summed E-state index contributed by atoms with van der Waals surface area (Å²) in [6.45, 7) is 2.10. The molecular weight excluding hydrogens is 246 g/mol. The highest BCUT2D eigenvalue weighted by molar-refractivity contribution is 6.03. The van der Waals surface area contributed by atoms with Crippen LogP contribution < -0.4 is 0 Å². The Kier molecular flexibility index (Phi) is 2.36. The summed E-state index contributed by atoms with van der Waals surface area (Å²) in [5.74, 6) is 0. The van der Waals surface area contributed by atoms with Gasteiger partial charge in [0.2, 0.25) is 0 Å². The van der Waals surface area contributed by atoms with E-state index in [4.69, 9.17) is 4.42 Å². The second kappa shape index (κ2) is 4.20. The molecule has 0 amide bonds. The molecule has 2 nitrogen and oxygen atoms in total. The molecule has 0 fully saturated rings. The highest BCUT2D eigenvalue weighted by Crippen LogP contribution is 2.30. The fraction of sp³-hybridized carbons (Fsp3) is 0.0556. The van der Waals surface area contributed by atoms with Crippen molar-refractivity contribution < 1.29 is 4.42 Å². The Hall–Kier alpha value is -2.61. The van der Waals surface area contributed by atoms with Crippen LogP contribution in [0.5, 0.6) is 0 Å². The van der Waals surface area contributed by atoms with Gasteiger partial charge in [0.1, 0.15) is 11.1 Å². The zero-order valence-corrected chi connectivity index (χ0v) is 11.1. The number of hydrogen-bond donors (Lipinski definition) is 0. The van der Waals surface area contributed by atoms with Crippen molar-refractivity contribution >= 4 is 22.1 Å². The maximum atomic E-state index is 5.88. The second-order valence-corrected chi connectivity index (χ2v) is 5.03. The molecule has 2 aromatic heterocycles. The third-order valence-electron chi connectivity index (χ3n) is 3.61. The van der Waals surface area contributed by atoms with Gasteiger partial charge in [-0.25, -0.2) is 0 Å². The number of furan rings is 1. The maximum absolute atomic E-state index is 5.88. The fourth-order valence-electron chi connectivity index (χ4n) is 2.52. The quantitative estimate of drug-likeness (QED) is 0.483. The second-order valence-electron chi connectivity index (χ2n) is 5.03. The Labute approximate surface area is 116 Å². The molecule has 0 radical (unpaired) electrons. The first-order valence-corrected chi connectivity index (χ1v) is 6.65. The van der Waals surface area contributed by atoms with Gasteiger partial charge in [0.15, 0.2) is 5.58 Å². The minimum atomic E-state index is 0.837. The van der Waals surface area contributed by atoms with Crippen LogP contribution in [-0.4, -0.2) is 4.98 Å². The average molecular weight is 259 g/mol. The number of aryl methyl sites for hydroxylation is 1. The molecule has 0 unspecified atom stereocenters. The van der Waals surface area contributed by atoms with Gasteiger partial charge in [0.25, 0.3) is 0 Å². The van der Waals surface area contributed by atoms with Crippen LogP contribution in [0.2, 0.25) is 0 Å². The molecule has 0 spiro atoms. The molecule has 0 bridgehead atoms. The van der Waals surface area contributed by atoms with Gasteiger partial charge in [-0.05, 0) is 42.3 Å². The van der Waals surface area contributed by atoms with E-state index in [0.29, 0.717) is 0 Å². The largest absolute Gasteiger partial charge is 0.454 e. The van der Waals surface area contributed by atoms with Crippen LogP contribution in [0.3, 0.4) is 0 Å². The number of nitrogens with zero attached hydrogens (tertiary/aromatic N) is 1. The number of pyridine rings is 1. The van der Waals surface area contributed by atoms with E-state index >= 15 is 0 Å². The molecule has 2 heteroatoms. The normalized spacial score (nSPS) is 11.2. The van der Waals surface area contributed by atoms with Crippen LogP contribution >= 0.6 is 0 Å². The summed E-state index contributed by atoms with van der Waals surface area (Å²) >= 11 is 0. The number of hydrogen-bond acceptors (Lipinski definition) is 2. The number of aromatic nitrogens is 1. The summed E-state index contributed by atoms with van der Waals surface area (Å²) in [5.41, 5.74) is 6.28. The van der Waals surface area contributed by atoms with E-state index in [9.17, 15) is 0 Å². The predicted octanol–water partition coefficient (Wildman–Crippen LogP) is 4.96. The lowest BCUT2D eigenvalue weighted by molar-refractivity contribution is 0.668. The molecule has 2 aromatic carbocycles. The van der Waals surface area contributed by atoms with Gasteiger partial charge < -0.3 is 4.42 Å². The zero-order valence-electron chi connectivity index (χ0n) is 11.1. The molecule has 0 aliphatic heterocycles. The van der Waals surface area contributed by atoms with Crippen molar-refractivity contribution in [3.8, 4) is 11.1 Å². The summed E-state index contributed by atoms with van der Waals surface area (Å²) in [6.07, 6.45) is 1.80. The third kappa shape index (κ3) is 1.69. The molecule has 0 atom stereocenters. The molecule has 20 heavy (non-hydrogen) atoms. The van der Waals surface area contributed by atoms with Crippen LogP contribution in [0.1, 0.15) is 5.56 Å². The van der Waals surface area contributed by atoms with Crippen molar-refractivity contribution in [2.24, 2.45) is 0 Å². The fourth-order valence-corrected chi connectivity index (χ4v) is 2.52. The van der Waals surface area contributed by atoms with Crippen LogP contribution in [0.25, 0.3) is 33.2 Å². The zero-order chi connectivity index (χ0) is 13.5. The monoisotopic (exact) mass is 259 g/mol. The number of rotatable bonds is 1. The molecular formula is C18H13NO. The van der Waals surface area contributed by atoms with Crippen LogP contribution in [0, 0.1) is 6.92 Å². The molecule has 0 aliphatic carbocycles. The van der Waals surface area contributed by atoms with E-state index in [1.807, 2.05) is 12.1 Å². The molecule has 0 saturated carbocycles. The number of benzene rings is 2. The molecule has 0 saturated heterocycles. The molecule has 0 aliphatic rings. The Bertz CT molecular complexity index is 904. The van der Waals surface area contributed by atoms with Crippen molar-refractivity contribution in [1.29, 1.82) is 0 Å². The third-order valence-corrected chi connectivity index (χ3v) is 3.61. The summed E-state index contributed by atoms with van der Waals surface area (Å²) in [5, 5.41) is 1.07. The topological polar surface area (TPSA) is 26.0 Å². The van der Waals surface area contributed by atoms with Crippen LogP contribution in [0.4, 0.5) is 0 Å². The van der Waals surface area contributed by atoms with E-state index in [-0.39, 0.29) is 0 Å². The smallest absolute Gasteiger partial charge is 0.153 e. The molecule has 4 rings (SSSR count). The Morgan fingerprint density at radius 1 is 0.850 bits per heavy atom. The van der Waals surface area contributed by atoms with Gasteiger partial charge in [-0.3, -0.25) is 4.98 Å². The van der Waals surface area contributed by atoms with Crippen molar-refractivity contribution in [2.45, 2.75) is 6.92 Å². The Morgan fingerprint density at radius 2 is 1.65 bits per heavy atom. The minimum Gasteiger partial charge on any atom is -0.454 e. The summed E-state index contributed by atoms with van der Waals surface area (Å²) in [6, 6.07) is 18.7. The first-order chi connectivity index (χ1) is 9.81. The Balaban J connectivity index is 1.94. The summed E-state index contributed by atoms with van der Waals surface area (Å²) in [7, 11) is 0. The lowest BCUT2D eigenvalue weighted by atomic mass is 10.0. The maximum Gasteiger partial charge on any atom is 0.153 e. The number of fused-ring (bicyclic) bond motifs is 3. The highest BCUT2D eigenvalue weighted by atomic mass is 16.3. The molecule has 96 valence electrons. The van der Waals surface area contributed by atoms with Gasteiger partial charge in [-0.1, -0.05) is 35.9 Å². The standard InChI is InChI=1S/C18H13NO/c1-12-4-6-13(7-5-12)14-8-9-15-17(11-14)20-16-3-2-10-19-18(15)16/h2-11H,1H3. The first kappa shape index (κ1) is 11.2. The first-order valence-electron chi connectivity index (χ1n) is 6.65.